The molecule has 3 nitrogen and oxygen atoms in total. The van der Waals surface area contributed by atoms with Crippen molar-refractivity contribution in [2.75, 3.05) is 6.54 Å². The monoisotopic (exact) mass is 325 g/mol. The van der Waals surface area contributed by atoms with Crippen LogP contribution >= 0.6 is 11.6 Å². The second-order valence-corrected chi connectivity index (χ2v) is 8.45. The van der Waals surface area contributed by atoms with E-state index in [-0.39, 0.29) is 10.3 Å². The smallest absolute Gasteiger partial charge is 0.211 e. The lowest BCUT2D eigenvalue weighted by Gasteiger charge is -2.18. The second-order valence-electron chi connectivity index (χ2n) is 6.30. The van der Waals surface area contributed by atoms with Crippen LogP contribution in [0.4, 0.5) is 0 Å². The molecule has 1 N–H and O–H groups in total. The predicted octanol–water partition coefficient (Wildman–Crippen LogP) is 4.21. The maximum absolute atomic E-state index is 12.5. The summed E-state index contributed by atoms with van der Waals surface area (Å²) >= 11 is 6.18. The summed E-state index contributed by atoms with van der Waals surface area (Å²) in [7, 11) is -3.57. The van der Waals surface area contributed by atoms with Gasteiger partial charge in [-0.2, -0.15) is 0 Å². The van der Waals surface area contributed by atoms with Crippen molar-refractivity contribution in [3.05, 3.63) is 41.4 Å². The fourth-order valence-electron chi connectivity index (χ4n) is 2.12. The lowest BCUT2D eigenvalue weighted by molar-refractivity contribution is 0.378. The van der Waals surface area contributed by atoms with E-state index in [4.69, 9.17) is 11.6 Å². The summed E-state index contributed by atoms with van der Waals surface area (Å²) in [5.74, 6) is 0. The van der Waals surface area contributed by atoms with E-state index in [1.54, 1.807) is 18.2 Å². The number of sulfonamides is 1. The third-order valence-electron chi connectivity index (χ3n) is 3.27. The van der Waals surface area contributed by atoms with Crippen LogP contribution < -0.4 is 4.72 Å². The number of nitrogens with one attached hydrogen (secondary N) is 1. The summed E-state index contributed by atoms with van der Waals surface area (Å²) in [6, 6.07) is 10.6. The number of benzene rings is 2. The molecule has 0 heterocycles. The largest absolute Gasteiger partial charge is 0.241 e. The minimum absolute atomic E-state index is 0.0823. The van der Waals surface area contributed by atoms with Gasteiger partial charge in [0.1, 0.15) is 0 Å². The molecule has 0 aromatic heterocycles. The molecule has 0 spiro atoms. The molecule has 0 radical (unpaired) electrons. The first kappa shape index (κ1) is 16.3. The predicted molar refractivity (Wildman–Crippen MR) is 88.2 cm³/mol. The van der Waals surface area contributed by atoms with E-state index in [2.05, 4.69) is 25.5 Å². The van der Waals surface area contributed by atoms with Gasteiger partial charge in [-0.15, -0.1) is 0 Å². The molecule has 0 aliphatic carbocycles. The van der Waals surface area contributed by atoms with Gasteiger partial charge in [-0.05, 0) is 29.4 Å². The number of hydrogen-bond donors (Lipinski definition) is 1. The van der Waals surface area contributed by atoms with Gasteiger partial charge in [-0.25, -0.2) is 13.1 Å². The van der Waals surface area contributed by atoms with Gasteiger partial charge in [0.25, 0.3) is 0 Å². The van der Waals surface area contributed by atoms with Crippen LogP contribution in [-0.2, 0) is 10.0 Å². The SMILES string of the molecule is CC(C)(C)CCNS(=O)(=O)c1cccc2cccc(Cl)c12. The molecule has 0 aliphatic heterocycles. The first-order valence-corrected chi connectivity index (χ1v) is 8.74. The quantitative estimate of drug-likeness (QED) is 0.915. The average molecular weight is 326 g/mol. The maximum Gasteiger partial charge on any atom is 0.241 e. The van der Waals surface area contributed by atoms with E-state index < -0.39 is 10.0 Å². The lowest BCUT2D eigenvalue weighted by atomic mass is 9.93. The third-order valence-corrected chi connectivity index (χ3v) is 5.09. The van der Waals surface area contributed by atoms with Crippen LogP contribution in [0.5, 0.6) is 0 Å². The summed E-state index contributed by atoms with van der Waals surface area (Å²) < 4.78 is 27.7. The number of hydrogen-bond acceptors (Lipinski definition) is 2. The van der Waals surface area contributed by atoms with Crippen LogP contribution in [0.1, 0.15) is 27.2 Å². The van der Waals surface area contributed by atoms with Crippen LogP contribution in [0.3, 0.4) is 0 Å². The van der Waals surface area contributed by atoms with E-state index in [9.17, 15) is 8.42 Å². The molecule has 0 bridgehead atoms. The van der Waals surface area contributed by atoms with E-state index in [0.29, 0.717) is 17.0 Å². The molecular weight excluding hydrogens is 306 g/mol. The van der Waals surface area contributed by atoms with Gasteiger partial charge in [-0.1, -0.05) is 56.6 Å². The molecule has 114 valence electrons. The molecule has 0 amide bonds. The van der Waals surface area contributed by atoms with Crippen molar-refractivity contribution in [1.29, 1.82) is 0 Å². The Morgan fingerprint density at radius 3 is 2.33 bits per heavy atom. The zero-order valence-corrected chi connectivity index (χ0v) is 14.1. The average Bonchev–Trinajstić information content (AvgIpc) is 2.36. The fourth-order valence-corrected chi connectivity index (χ4v) is 3.74. The third kappa shape index (κ3) is 3.96. The summed E-state index contributed by atoms with van der Waals surface area (Å²) in [5, 5.41) is 1.84. The van der Waals surface area contributed by atoms with Crippen LogP contribution in [-0.4, -0.2) is 15.0 Å². The highest BCUT2D eigenvalue weighted by Crippen LogP contribution is 2.29. The number of rotatable bonds is 4. The Hall–Kier alpha value is -1.10. The van der Waals surface area contributed by atoms with E-state index in [0.717, 1.165) is 11.8 Å². The van der Waals surface area contributed by atoms with Gasteiger partial charge >= 0.3 is 0 Å². The van der Waals surface area contributed by atoms with Gasteiger partial charge < -0.3 is 0 Å². The maximum atomic E-state index is 12.5. The fraction of sp³-hybridized carbons (Fsp3) is 0.375. The Labute approximate surface area is 131 Å². The van der Waals surface area contributed by atoms with E-state index in [1.165, 1.54) is 0 Å². The highest BCUT2D eigenvalue weighted by atomic mass is 35.5. The Morgan fingerprint density at radius 2 is 1.71 bits per heavy atom. The molecule has 5 heteroatoms. The number of halogens is 1. The van der Waals surface area contributed by atoms with Crippen LogP contribution in [0.25, 0.3) is 10.8 Å². The topological polar surface area (TPSA) is 46.2 Å². The first-order valence-electron chi connectivity index (χ1n) is 6.88. The van der Waals surface area contributed by atoms with Crippen molar-refractivity contribution in [3.63, 3.8) is 0 Å². The van der Waals surface area contributed by atoms with Gasteiger partial charge in [0.2, 0.25) is 10.0 Å². The van der Waals surface area contributed by atoms with E-state index >= 15 is 0 Å². The molecule has 2 rings (SSSR count). The zero-order chi connectivity index (χ0) is 15.7. The summed E-state index contributed by atoms with van der Waals surface area (Å²) in [6.07, 6.45) is 0.769. The molecule has 2 aromatic rings. The Balaban J connectivity index is 2.37. The Bertz CT molecular complexity index is 743. The van der Waals surface area contributed by atoms with Crippen LogP contribution in [0, 0.1) is 5.41 Å². The van der Waals surface area contributed by atoms with Crippen molar-refractivity contribution in [2.45, 2.75) is 32.1 Å². The van der Waals surface area contributed by atoms with Crippen molar-refractivity contribution in [1.82, 2.24) is 4.72 Å². The van der Waals surface area contributed by atoms with Gasteiger partial charge in [0.05, 0.1) is 4.90 Å². The lowest BCUT2D eigenvalue weighted by Crippen LogP contribution is -2.27. The Kier molecular flexibility index (Phi) is 4.61. The van der Waals surface area contributed by atoms with Crippen molar-refractivity contribution in [2.24, 2.45) is 5.41 Å². The van der Waals surface area contributed by atoms with Gasteiger partial charge in [0.15, 0.2) is 0 Å². The summed E-state index contributed by atoms with van der Waals surface area (Å²) in [5.41, 5.74) is 0.0823. The molecule has 0 saturated heterocycles. The van der Waals surface area contributed by atoms with Crippen LogP contribution in [0.15, 0.2) is 41.3 Å². The zero-order valence-electron chi connectivity index (χ0n) is 12.5. The molecule has 0 fully saturated rings. The normalized spacial score (nSPS) is 12.8. The Morgan fingerprint density at radius 1 is 1.10 bits per heavy atom. The standard InChI is InChI=1S/C16H20ClNO2S/c1-16(2,3)10-11-18-21(19,20)14-9-5-7-12-6-4-8-13(17)15(12)14/h4-9,18H,10-11H2,1-3H3. The summed E-state index contributed by atoms with van der Waals surface area (Å²) in [6.45, 7) is 6.65. The summed E-state index contributed by atoms with van der Waals surface area (Å²) in [4.78, 5) is 0.236. The molecule has 0 saturated carbocycles. The molecule has 0 aliphatic rings. The van der Waals surface area contributed by atoms with Gasteiger partial charge in [-0.3, -0.25) is 0 Å². The number of fused-ring (bicyclic) bond motifs is 1. The second kappa shape index (κ2) is 5.95. The molecule has 0 unspecified atom stereocenters. The highest BCUT2D eigenvalue weighted by molar-refractivity contribution is 7.89. The van der Waals surface area contributed by atoms with E-state index in [1.807, 2.05) is 18.2 Å². The molecule has 21 heavy (non-hydrogen) atoms. The molecule has 2 aromatic carbocycles. The van der Waals surface area contributed by atoms with Crippen molar-refractivity contribution >= 4 is 32.4 Å². The minimum Gasteiger partial charge on any atom is -0.211 e. The minimum atomic E-state index is -3.57. The first-order chi connectivity index (χ1) is 9.71. The highest BCUT2D eigenvalue weighted by Gasteiger charge is 2.19. The van der Waals surface area contributed by atoms with Gasteiger partial charge in [0, 0.05) is 17.0 Å². The molecule has 0 atom stereocenters. The molecular formula is C16H20ClNO2S. The van der Waals surface area contributed by atoms with Crippen molar-refractivity contribution in [3.8, 4) is 0 Å². The van der Waals surface area contributed by atoms with Crippen molar-refractivity contribution < 1.29 is 8.42 Å². The van der Waals surface area contributed by atoms with Crippen LogP contribution in [0.2, 0.25) is 5.02 Å².